The van der Waals surface area contributed by atoms with Gasteiger partial charge in [-0.05, 0) is 43.3 Å². The maximum atomic E-state index is 6.25. The van der Waals surface area contributed by atoms with Gasteiger partial charge in [0.2, 0.25) is 0 Å². The van der Waals surface area contributed by atoms with Gasteiger partial charge in [0.25, 0.3) is 0 Å². The Labute approximate surface area is 157 Å². The quantitative estimate of drug-likeness (QED) is 0.439. The number of hydrogen-bond acceptors (Lipinski definition) is 5. The first-order chi connectivity index (χ1) is 13.0. The van der Waals surface area contributed by atoms with Crippen LogP contribution < -0.4 is 16.8 Å². The second kappa shape index (κ2) is 6.49. The summed E-state index contributed by atoms with van der Waals surface area (Å²) in [4.78, 5) is 12.4. The molecule has 2 aromatic heterocycles. The summed E-state index contributed by atoms with van der Waals surface area (Å²) in [5.41, 5.74) is 17.2. The molecular formula is C21H20N6. The Morgan fingerprint density at radius 1 is 1.07 bits per heavy atom. The predicted octanol–water partition coefficient (Wildman–Crippen LogP) is 4.19. The molecule has 0 aliphatic carbocycles. The SMILES string of the molecule is C=C(N)c1nc(-c2ccc3[nH]ccc3c2)nc(Nc2ccc(C)cc2)c1N. The van der Waals surface area contributed by atoms with Crippen LogP contribution in [-0.2, 0) is 0 Å². The second-order valence-electron chi connectivity index (χ2n) is 6.45. The van der Waals surface area contributed by atoms with E-state index in [0.717, 1.165) is 22.2 Å². The van der Waals surface area contributed by atoms with E-state index in [1.165, 1.54) is 5.56 Å². The van der Waals surface area contributed by atoms with E-state index in [1.807, 2.05) is 61.7 Å². The van der Waals surface area contributed by atoms with Crippen LogP contribution in [-0.4, -0.2) is 15.0 Å². The number of H-pyrrole nitrogens is 1. The molecule has 0 saturated heterocycles. The highest BCUT2D eigenvalue weighted by molar-refractivity contribution is 5.86. The third-order valence-corrected chi connectivity index (χ3v) is 4.38. The first kappa shape index (κ1) is 16.7. The van der Waals surface area contributed by atoms with Gasteiger partial charge in [-0.15, -0.1) is 0 Å². The number of nitrogens with two attached hydrogens (primary N) is 2. The molecule has 2 aromatic carbocycles. The normalized spacial score (nSPS) is 10.9. The van der Waals surface area contributed by atoms with Crippen LogP contribution in [0.1, 0.15) is 11.3 Å². The van der Waals surface area contributed by atoms with Crippen molar-refractivity contribution in [2.45, 2.75) is 6.92 Å². The standard InChI is InChI=1S/C21H20N6/c1-12-3-6-16(7-4-12)25-21-18(23)19(13(2)22)26-20(27-21)15-5-8-17-14(11-15)9-10-24-17/h3-11,24H,2,22-23H2,1H3,(H,25,26,27). The fraction of sp³-hybridized carbons (Fsp3) is 0.0476. The Balaban J connectivity index is 1.82. The zero-order valence-electron chi connectivity index (χ0n) is 15.0. The summed E-state index contributed by atoms with van der Waals surface area (Å²) >= 11 is 0. The van der Waals surface area contributed by atoms with Crippen molar-refractivity contribution in [1.82, 2.24) is 15.0 Å². The smallest absolute Gasteiger partial charge is 0.162 e. The van der Waals surface area contributed by atoms with Gasteiger partial charge in [0.15, 0.2) is 11.6 Å². The van der Waals surface area contributed by atoms with Gasteiger partial charge in [-0.2, -0.15) is 0 Å². The number of rotatable bonds is 4. The minimum absolute atomic E-state index is 0.297. The van der Waals surface area contributed by atoms with Crippen molar-refractivity contribution >= 4 is 33.8 Å². The van der Waals surface area contributed by atoms with E-state index < -0.39 is 0 Å². The van der Waals surface area contributed by atoms with Crippen LogP contribution in [0, 0.1) is 6.92 Å². The molecule has 0 amide bonds. The maximum Gasteiger partial charge on any atom is 0.162 e. The monoisotopic (exact) mass is 356 g/mol. The topological polar surface area (TPSA) is 106 Å². The molecule has 0 radical (unpaired) electrons. The number of aryl methyl sites for hydroxylation is 1. The molecule has 134 valence electrons. The lowest BCUT2D eigenvalue weighted by atomic mass is 10.1. The average molecular weight is 356 g/mol. The van der Waals surface area contributed by atoms with Crippen LogP contribution in [0.5, 0.6) is 0 Å². The molecule has 6 N–H and O–H groups in total. The van der Waals surface area contributed by atoms with Gasteiger partial charge < -0.3 is 21.8 Å². The Morgan fingerprint density at radius 3 is 2.59 bits per heavy atom. The number of aromatic amines is 1. The molecule has 0 bridgehead atoms. The average Bonchev–Trinajstić information content (AvgIpc) is 3.12. The number of nitrogens with zero attached hydrogens (tertiary/aromatic N) is 2. The predicted molar refractivity (Wildman–Crippen MR) is 111 cm³/mol. The van der Waals surface area contributed by atoms with E-state index in [-0.39, 0.29) is 0 Å². The molecule has 0 saturated carbocycles. The molecule has 0 fully saturated rings. The molecule has 0 aliphatic heterocycles. The van der Waals surface area contributed by atoms with Crippen molar-refractivity contribution in [1.29, 1.82) is 0 Å². The molecule has 4 aromatic rings. The van der Waals surface area contributed by atoms with Crippen molar-refractivity contribution in [3.8, 4) is 11.4 Å². The first-order valence-electron chi connectivity index (χ1n) is 8.55. The lowest BCUT2D eigenvalue weighted by Crippen LogP contribution is -2.09. The molecule has 0 unspecified atom stereocenters. The number of anilines is 3. The van der Waals surface area contributed by atoms with Gasteiger partial charge in [0, 0.05) is 28.4 Å². The van der Waals surface area contributed by atoms with Crippen molar-refractivity contribution in [3.63, 3.8) is 0 Å². The highest BCUT2D eigenvalue weighted by atomic mass is 15.1. The van der Waals surface area contributed by atoms with Crippen molar-refractivity contribution < 1.29 is 0 Å². The fourth-order valence-electron chi connectivity index (χ4n) is 2.90. The summed E-state index contributed by atoms with van der Waals surface area (Å²) in [7, 11) is 0. The van der Waals surface area contributed by atoms with Crippen LogP contribution in [0.25, 0.3) is 28.0 Å². The van der Waals surface area contributed by atoms with E-state index in [1.54, 1.807) is 0 Å². The number of nitrogens with one attached hydrogen (secondary N) is 2. The number of nitrogen functional groups attached to an aromatic ring is 1. The molecule has 6 nitrogen and oxygen atoms in total. The number of hydrogen-bond donors (Lipinski definition) is 4. The van der Waals surface area contributed by atoms with Gasteiger partial charge in [-0.1, -0.05) is 24.3 Å². The summed E-state index contributed by atoms with van der Waals surface area (Å²) < 4.78 is 0. The number of aromatic nitrogens is 3. The maximum absolute atomic E-state index is 6.25. The number of benzene rings is 2. The minimum Gasteiger partial charge on any atom is -0.397 e. The largest absolute Gasteiger partial charge is 0.397 e. The van der Waals surface area contributed by atoms with Crippen LogP contribution >= 0.6 is 0 Å². The van der Waals surface area contributed by atoms with Gasteiger partial charge in [0.1, 0.15) is 11.4 Å². The van der Waals surface area contributed by atoms with Gasteiger partial charge >= 0.3 is 0 Å². The lowest BCUT2D eigenvalue weighted by Gasteiger charge is -2.14. The summed E-state index contributed by atoms with van der Waals surface area (Å²) in [6, 6.07) is 16.0. The third-order valence-electron chi connectivity index (χ3n) is 4.38. The van der Waals surface area contributed by atoms with Crippen molar-refractivity contribution in [2.75, 3.05) is 11.1 Å². The van der Waals surface area contributed by atoms with Crippen molar-refractivity contribution in [2.24, 2.45) is 5.73 Å². The first-order valence-corrected chi connectivity index (χ1v) is 8.55. The summed E-state index contributed by atoms with van der Waals surface area (Å²) in [6.07, 6.45) is 1.90. The van der Waals surface area contributed by atoms with E-state index in [4.69, 9.17) is 11.5 Å². The van der Waals surface area contributed by atoms with E-state index >= 15 is 0 Å². The molecule has 2 heterocycles. The van der Waals surface area contributed by atoms with Gasteiger partial charge in [-0.25, -0.2) is 9.97 Å². The minimum atomic E-state index is 0.297. The lowest BCUT2D eigenvalue weighted by molar-refractivity contribution is 1.15. The Morgan fingerprint density at radius 2 is 1.85 bits per heavy atom. The zero-order valence-corrected chi connectivity index (χ0v) is 15.0. The third kappa shape index (κ3) is 3.20. The van der Waals surface area contributed by atoms with Crippen LogP contribution in [0.15, 0.2) is 61.3 Å². The summed E-state index contributed by atoms with van der Waals surface area (Å²) in [5.74, 6) is 1.03. The fourth-order valence-corrected chi connectivity index (χ4v) is 2.90. The van der Waals surface area contributed by atoms with Gasteiger partial charge in [-0.3, -0.25) is 0 Å². The van der Waals surface area contributed by atoms with Crippen LogP contribution in [0.3, 0.4) is 0 Å². The number of fused-ring (bicyclic) bond motifs is 1. The van der Waals surface area contributed by atoms with Crippen LogP contribution in [0.4, 0.5) is 17.2 Å². The highest BCUT2D eigenvalue weighted by Crippen LogP contribution is 2.30. The molecule has 0 aliphatic rings. The molecule has 4 rings (SSSR count). The molecule has 0 atom stereocenters. The highest BCUT2D eigenvalue weighted by Gasteiger charge is 2.15. The molecular weight excluding hydrogens is 336 g/mol. The van der Waals surface area contributed by atoms with E-state index in [2.05, 4.69) is 26.8 Å². The van der Waals surface area contributed by atoms with E-state index in [0.29, 0.717) is 28.7 Å². The summed E-state index contributed by atoms with van der Waals surface area (Å²) in [5, 5.41) is 4.34. The van der Waals surface area contributed by atoms with Crippen molar-refractivity contribution in [3.05, 3.63) is 72.6 Å². The Bertz CT molecular complexity index is 1140. The van der Waals surface area contributed by atoms with Gasteiger partial charge in [0.05, 0.1) is 5.70 Å². The molecule has 6 heteroatoms. The zero-order chi connectivity index (χ0) is 19.0. The summed E-state index contributed by atoms with van der Waals surface area (Å²) in [6.45, 7) is 5.83. The Hall–Kier alpha value is -3.80. The molecule has 0 spiro atoms. The second-order valence-corrected chi connectivity index (χ2v) is 6.45. The molecule has 27 heavy (non-hydrogen) atoms. The van der Waals surface area contributed by atoms with E-state index in [9.17, 15) is 0 Å². The van der Waals surface area contributed by atoms with Crippen LogP contribution in [0.2, 0.25) is 0 Å². The Kier molecular flexibility index (Phi) is 4.01.